The van der Waals surface area contributed by atoms with E-state index in [0.29, 0.717) is 18.0 Å². The number of halogens is 5. The second-order valence-electron chi connectivity index (χ2n) is 8.19. The summed E-state index contributed by atoms with van der Waals surface area (Å²) in [6.45, 7) is 5.23. The first-order valence-electron chi connectivity index (χ1n) is 10.5. The Bertz CT molecular complexity index is 1240. The maximum atomic E-state index is 13.1. The van der Waals surface area contributed by atoms with Crippen LogP contribution >= 0.6 is 10.2 Å². The first-order valence-corrected chi connectivity index (χ1v) is 12.5. The molecule has 0 saturated carbocycles. The Morgan fingerprint density at radius 3 is 2.30 bits per heavy atom. The van der Waals surface area contributed by atoms with E-state index < -0.39 is 26.2 Å². The lowest BCUT2D eigenvalue weighted by atomic mass is 10.2. The molecular formula is C22H24F5N3O2S. The van der Waals surface area contributed by atoms with Gasteiger partial charge in [0.2, 0.25) is 0 Å². The zero-order chi connectivity index (χ0) is 23.9. The van der Waals surface area contributed by atoms with Gasteiger partial charge in [0.05, 0.1) is 23.2 Å². The van der Waals surface area contributed by atoms with Crippen LogP contribution in [0, 0.1) is 6.92 Å². The molecule has 1 fully saturated rings. The summed E-state index contributed by atoms with van der Waals surface area (Å²) in [6, 6.07) is 7.87. The van der Waals surface area contributed by atoms with Crippen LogP contribution in [-0.2, 0) is 0 Å². The lowest BCUT2D eigenvalue weighted by molar-refractivity contribution is 0.263. The monoisotopic (exact) mass is 489 g/mol. The van der Waals surface area contributed by atoms with Crippen LogP contribution in [0.25, 0.3) is 16.6 Å². The molecule has 2 aromatic carbocycles. The van der Waals surface area contributed by atoms with E-state index in [1.54, 1.807) is 24.3 Å². The fraction of sp³-hybridized carbons (Fsp3) is 0.364. The van der Waals surface area contributed by atoms with Gasteiger partial charge in [-0.25, -0.2) is 4.98 Å². The molecular weight excluding hydrogens is 465 g/mol. The summed E-state index contributed by atoms with van der Waals surface area (Å²) in [4.78, 5) is 17.2. The van der Waals surface area contributed by atoms with Gasteiger partial charge in [0.25, 0.3) is 5.56 Å². The number of likely N-dealkylation sites (tertiary alicyclic amines) is 1. The average Bonchev–Trinajstić information content (AvgIpc) is 3.24. The predicted octanol–water partition coefficient (Wildman–Crippen LogP) is 6.22. The maximum absolute atomic E-state index is 13.1. The van der Waals surface area contributed by atoms with Gasteiger partial charge in [0, 0.05) is 6.54 Å². The highest BCUT2D eigenvalue weighted by Gasteiger charge is 2.65. The van der Waals surface area contributed by atoms with E-state index in [0.717, 1.165) is 32.1 Å². The van der Waals surface area contributed by atoms with Crippen molar-refractivity contribution in [2.24, 2.45) is 0 Å². The SMILES string of the molecule is Cc1nc2cc(S(F)(F)(F)(F)F)ccc2c(=O)n1-c1ccc(OCCCN2CCCC2)cc1. The second kappa shape index (κ2) is 7.69. The number of aryl methyl sites for hydroxylation is 1. The Morgan fingerprint density at radius 2 is 1.67 bits per heavy atom. The number of aromatic nitrogens is 2. The van der Waals surface area contributed by atoms with Crippen LogP contribution in [0.1, 0.15) is 25.1 Å². The van der Waals surface area contributed by atoms with E-state index in [1.165, 1.54) is 24.3 Å². The molecule has 0 amide bonds. The highest BCUT2D eigenvalue weighted by molar-refractivity contribution is 8.45. The third kappa shape index (κ3) is 5.30. The van der Waals surface area contributed by atoms with E-state index in [-0.39, 0.29) is 23.3 Å². The molecule has 4 rings (SSSR count). The molecule has 0 radical (unpaired) electrons. The molecule has 1 aromatic heterocycles. The fourth-order valence-corrected chi connectivity index (χ4v) is 4.66. The molecule has 33 heavy (non-hydrogen) atoms. The highest BCUT2D eigenvalue weighted by atomic mass is 32.5. The van der Waals surface area contributed by atoms with Gasteiger partial charge in [0.1, 0.15) is 16.5 Å². The van der Waals surface area contributed by atoms with Crippen molar-refractivity contribution < 1.29 is 24.2 Å². The number of rotatable bonds is 7. The molecule has 0 unspecified atom stereocenters. The third-order valence-electron chi connectivity index (χ3n) is 5.64. The first-order chi connectivity index (χ1) is 15.3. The Morgan fingerprint density at radius 1 is 1.00 bits per heavy atom. The molecule has 1 saturated heterocycles. The molecule has 5 nitrogen and oxygen atoms in total. The van der Waals surface area contributed by atoms with Gasteiger partial charge in [-0.1, -0.05) is 19.4 Å². The molecule has 2 heterocycles. The van der Waals surface area contributed by atoms with E-state index in [4.69, 9.17) is 4.74 Å². The highest BCUT2D eigenvalue weighted by Crippen LogP contribution is 3.02. The van der Waals surface area contributed by atoms with Gasteiger partial charge in [-0.2, -0.15) is 0 Å². The van der Waals surface area contributed by atoms with Gasteiger partial charge in [-0.3, -0.25) is 9.36 Å². The third-order valence-corrected chi connectivity index (χ3v) is 6.78. The summed E-state index contributed by atoms with van der Waals surface area (Å²) < 4.78 is 72.6. The molecule has 0 N–H and O–H groups in total. The zero-order valence-corrected chi connectivity index (χ0v) is 18.8. The Hall–Kier alpha value is -2.66. The normalized spacial score (nSPS) is 17.2. The summed E-state index contributed by atoms with van der Waals surface area (Å²) in [5.74, 6) is 0.700. The van der Waals surface area contributed by atoms with Crippen LogP contribution in [0.5, 0.6) is 5.75 Å². The van der Waals surface area contributed by atoms with Crippen LogP contribution < -0.4 is 10.3 Å². The number of ether oxygens (including phenoxy) is 1. The van der Waals surface area contributed by atoms with Crippen molar-refractivity contribution in [2.75, 3.05) is 26.2 Å². The number of benzene rings is 2. The second-order valence-corrected chi connectivity index (χ2v) is 10.6. The smallest absolute Gasteiger partial charge is 0.310 e. The molecule has 1 aliphatic heterocycles. The van der Waals surface area contributed by atoms with Crippen LogP contribution in [0.15, 0.2) is 52.2 Å². The van der Waals surface area contributed by atoms with Gasteiger partial charge < -0.3 is 9.64 Å². The molecule has 0 aliphatic carbocycles. The molecule has 3 aromatic rings. The van der Waals surface area contributed by atoms with Crippen molar-refractivity contribution in [2.45, 2.75) is 31.1 Å². The minimum absolute atomic E-state index is 0.0751. The molecule has 1 aliphatic rings. The van der Waals surface area contributed by atoms with E-state index in [1.807, 2.05) is 0 Å². The van der Waals surface area contributed by atoms with Crippen molar-refractivity contribution in [3.8, 4) is 11.4 Å². The van der Waals surface area contributed by atoms with Crippen LogP contribution in [0.4, 0.5) is 19.4 Å². The Labute approximate surface area is 187 Å². The minimum Gasteiger partial charge on any atom is -0.494 e. The van der Waals surface area contributed by atoms with Crippen molar-refractivity contribution in [3.63, 3.8) is 0 Å². The van der Waals surface area contributed by atoms with Crippen molar-refractivity contribution >= 4 is 21.1 Å². The number of hydrogen-bond donors (Lipinski definition) is 0. The van der Waals surface area contributed by atoms with Crippen LogP contribution in [-0.4, -0.2) is 40.7 Å². The van der Waals surface area contributed by atoms with Gasteiger partial charge in [0.15, 0.2) is 0 Å². The topological polar surface area (TPSA) is 47.4 Å². The summed E-state index contributed by atoms with van der Waals surface area (Å²) in [6.07, 6.45) is 3.37. The van der Waals surface area contributed by atoms with Crippen molar-refractivity contribution in [1.29, 1.82) is 0 Å². The van der Waals surface area contributed by atoms with Crippen molar-refractivity contribution in [3.05, 3.63) is 58.6 Å². The lowest BCUT2D eigenvalue weighted by Gasteiger charge is -2.40. The molecule has 180 valence electrons. The average molecular weight is 490 g/mol. The molecule has 0 bridgehead atoms. The predicted molar refractivity (Wildman–Crippen MR) is 119 cm³/mol. The summed E-state index contributed by atoms with van der Waals surface area (Å²) in [5.41, 5.74) is -0.643. The number of nitrogens with zero attached hydrogens (tertiary/aromatic N) is 3. The Balaban J connectivity index is 1.54. The van der Waals surface area contributed by atoms with Crippen molar-refractivity contribution in [1.82, 2.24) is 14.5 Å². The van der Waals surface area contributed by atoms with Gasteiger partial charge in [-0.15, -0.1) is 0 Å². The lowest BCUT2D eigenvalue weighted by Crippen LogP contribution is -2.22. The van der Waals surface area contributed by atoms with Gasteiger partial charge >= 0.3 is 10.2 Å². The van der Waals surface area contributed by atoms with E-state index >= 15 is 0 Å². The van der Waals surface area contributed by atoms with Crippen LogP contribution in [0.2, 0.25) is 0 Å². The molecule has 0 atom stereocenters. The maximum Gasteiger partial charge on any atom is 0.310 e. The molecule has 0 spiro atoms. The Kier molecular flexibility index (Phi) is 5.48. The van der Waals surface area contributed by atoms with E-state index in [9.17, 15) is 24.2 Å². The number of hydrogen-bond acceptors (Lipinski definition) is 4. The minimum atomic E-state index is -9.87. The quantitative estimate of drug-likeness (QED) is 0.292. The van der Waals surface area contributed by atoms with Crippen LogP contribution in [0.3, 0.4) is 0 Å². The summed E-state index contributed by atoms with van der Waals surface area (Å²) in [5, 5.41) is -0.187. The first kappa shape index (κ1) is 23.5. The van der Waals surface area contributed by atoms with Gasteiger partial charge in [-0.05, 0) is 81.7 Å². The summed E-state index contributed by atoms with van der Waals surface area (Å²) >= 11 is 0. The zero-order valence-electron chi connectivity index (χ0n) is 17.9. The van der Waals surface area contributed by atoms with E-state index in [2.05, 4.69) is 9.88 Å². The molecule has 11 heteroatoms. The fourth-order valence-electron chi connectivity index (χ4n) is 4.00. The number of fused-ring (bicyclic) bond motifs is 1. The largest absolute Gasteiger partial charge is 0.494 e. The summed E-state index contributed by atoms with van der Waals surface area (Å²) in [7, 11) is -9.87. The standard InChI is InChI=1S/C22H24F5N3O2S/c1-16-28-21-15-19(33(23,24,25,26)27)9-10-20(21)22(31)30(16)17-5-7-18(8-6-17)32-14-4-13-29-11-2-3-12-29/h5-10,15H,2-4,11-14H2,1H3.